The Labute approximate surface area is 159 Å². The summed E-state index contributed by atoms with van der Waals surface area (Å²) in [6, 6.07) is 16.2. The first-order valence-corrected chi connectivity index (χ1v) is 9.93. The predicted octanol–water partition coefficient (Wildman–Crippen LogP) is 4.48. The smallest absolute Gasteiger partial charge is 0.191 e. The number of rotatable bonds is 5. The van der Waals surface area contributed by atoms with Gasteiger partial charge in [-0.1, -0.05) is 18.2 Å². The molecule has 3 aromatic heterocycles. The quantitative estimate of drug-likeness (QED) is 0.394. The number of thiazole rings is 1. The highest BCUT2D eigenvalue weighted by atomic mass is 32.1. The second-order valence-electron chi connectivity index (χ2n) is 5.61. The summed E-state index contributed by atoms with van der Waals surface area (Å²) in [6.45, 7) is 1.32. The van der Waals surface area contributed by atoms with E-state index in [0.717, 1.165) is 39.2 Å². The number of hydrogen-bond donors (Lipinski definition) is 2. The van der Waals surface area contributed by atoms with E-state index >= 15 is 0 Å². The van der Waals surface area contributed by atoms with Crippen LogP contribution in [0.25, 0.3) is 21.0 Å². The molecule has 4 aromatic rings. The van der Waals surface area contributed by atoms with E-state index in [2.05, 4.69) is 38.1 Å². The van der Waals surface area contributed by atoms with Gasteiger partial charge in [-0.25, -0.2) is 4.98 Å². The number of benzene rings is 1. The molecule has 0 radical (unpaired) electrons. The molecule has 3 heterocycles. The highest BCUT2D eigenvalue weighted by Gasteiger charge is 2.10. The summed E-state index contributed by atoms with van der Waals surface area (Å²) in [7, 11) is 1.76. The molecule has 26 heavy (non-hydrogen) atoms. The maximum absolute atomic E-state index is 5.95. The Kier molecular flexibility index (Phi) is 4.99. The van der Waals surface area contributed by atoms with Gasteiger partial charge >= 0.3 is 0 Å². The second kappa shape index (κ2) is 7.72. The average Bonchev–Trinajstić information content (AvgIpc) is 3.41. The summed E-state index contributed by atoms with van der Waals surface area (Å²) in [4.78, 5) is 10.1. The van der Waals surface area contributed by atoms with Crippen LogP contribution < -0.4 is 10.6 Å². The van der Waals surface area contributed by atoms with E-state index in [0.29, 0.717) is 6.54 Å². The standard InChI is InChI=1S/C19H18N4OS2/c1-20-19(22-12-14-5-4-10-25-14)21-11-13-8-9-16(24-13)18-23-15-6-2-3-7-17(15)26-18/h2-10H,11-12H2,1H3,(H2,20,21,22). The van der Waals surface area contributed by atoms with Crippen molar-refractivity contribution in [3.05, 3.63) is 64.5 Å². The third kappa shape index (κ3) is 3.79. The van der Waals surface area contributed by atoms with Crippen molar-refractivity contribution in [1.29, 1.82) is 0 Å². The zero-order valence-corrected chi connectivity index (χ0v) is 15.9. The van der Waals surface area contributed by atoms with Crippen molar-refractivity contribution in [3.8, 4) is 10.8 Å². The molecule has 0 aliphatic carbocycles. The molecule has 0 atom stereocenters. The Morgan fingerprint density at radius 1 is 1.08 bits per heavy atom. The summed E-state index contributed by atoms with van der Waals surface area (Å²) in [5, 5.41) is 9.54. The Balaban J connectivity index is 1.38. The van der Waals surface area contributed by atoms with Gasteiger partial charge in [0.1, 0.15) is 5.76 Å². The lowest BCUT2D eigenvalue weighted by Gasteiger charge is -2.09. The number of guanidine groups is 1. The number of aliphatic imine (C=N–C) groups is 1. The fourth-order valence-corrected chi connectivity index (χ4v) is 4.11. The largest absolute Gasteiger partial charge is 0.457 e. The van der Waals surface area contributed by atoms with Crippen LogP contribution in [-0.4, -0.2) is 18.0 Å². The number of furan rings is 1. The van der Waals surface area contributed by atoms with Gasteiger partial charge in [0.25, 0.3) is 0 Å². The van der Waals surface area contributed by atoms with Gasteiger partial charge in [0.15, 0.2) is 16.7 Å². The molecule has 1 aromatic carbocycles. The minimum atomic E-state index is 0.564. The fourth-order valence-electron chi connectivity index (χ4n) is 2.54. The lowest BCUT2D eigenvalue weighted by Crippen LogP contribution is -2.36. The van der Waals surface area contributed by atoms with Gasteiger partial charge in [0.2, 0.25) is 0 Å². The predicted molar refractivity (Wildman–Crippen MR) is 109 cm³/mol. The number of thiophene rings is 1. The van der Waals surface area contributed by atoms with Crippen LogP contribution in [0.5, 0.6) is 0 Å². The average molecular weight is 383 g/mol. The van der Waals surface area contributed by atoms with Crippen molar-refractivity contribution in [2.45, 2.75) is 13.1 Å². The first-order chi connectivity index (χ1) is 12.8. The van der Waals surface area contributed by atoms with Gasteiger partial charge in [-0.3, -0.25) is 4.99 Å². The van der Waals surface area contributed by atoms with Crippen molar-refractivity contribution in [2.75, 3.05) is 7.05 Å². The highest BCUT2D eigenvalue weighted by Crippen LogP contribution is 2.31. The number of aromatic nitrogens is 1. The van der Waals surface area contributed by atoms with Gasteiger partial charge in [-0.15, -0.1) is 22.7 Å². The highest BCUT2D eigenvalue weighted by molar-refractivity contribution is 7.21. The molecule has 7 heteroatoms. The van der Waals surface area contributed by atoms with E-state index in [1.807, 2.05) is 36.4 Å². The van der Waals surface area contributed by atoms with Crippen LogP contribution in [0.2, 0.25) is 0 Å². The van der Waals surface area contributed by atoms with Crippen LogP contribution in [0, 0.1) is 0 Å². The first-order valence-electron chi connectivity index (χ1n) is 8.23. The fraction of sp³-hybridized carbons (Fsp3) is 0.158. The normalized spacial score (nSPS) is 11.8. The number of para-hydroxylation sites is 1. The van der Waals surface area contributed by atoms with Gasteiger partial charge in [-0.05, 0) is 35.7 Å². The van der Waals surface area contributed by atoms with Crippen LogP contribution in [0.4, 0.5) is 0 Å². The minimum Gasteiger partial charge on any atom is -0.457 e. The zero-order valence-electron chi connectivity index (χ0n) is 14.2. The van der Waals surface area contributed by atoms with Crippen molar-refractivity contribution < 1.29 is 4.42 Å². The van der Waals surface area contributed by atoms with Gasteiger partial charge in [0, 0.05) is 11.9 Å². The molecule has 0 amide bonds. The van der Waals surface area contributed by atoms with Crippen LogP contribution in [0.3, 0.4) is 0 Å². The maximum Gasteiger partial charge on any atom is 0.191 e. The third-order valence-electron chi connectivity index (χ3n) is 3.83. The van der Waals surface area contributed by atoms with Gasteiger partial charge < -0.3 is 15.1 Å². The van der Waals surface area contributed by atoms with Crippen LogP contribution in [-0.2, 0) is 13.1 Å². The molecule has 132 valence electrons. The van der Waals surface area contributed by atoms with Crippen molar-refractivity contribution >= 4 is 38.8 Å². The molecule has 0 unspecified atom stereocenters. The van der Waals surface area contributed by atoms with Gasteiger partial charge in [0.05, 0.1) is 23.3 Å². The summed E-state index contributed by atoms with van der Waals surface area (Å²) in [5.74, 6) is 2.39. The molecule has 0 saturated carbocycles. The van der Waals surface area contributed by atoms with Crippen LogP contribution >= 0.6 is 22.7 Å². The molecule has 0 aliphatic rings. The van der Waals surface area contributed by atoms with E-state index < -0.39 is 0 Å². The Morgan fingerprint density at radius 3 is 2.77 bits per heavy atom. The van der Waals surface area contributed by atoms with Gasteiger partial charge in [-0.2, -0.15) is 0 Å². The summed E-state index contributed by atoms with van der Waals surface area (Å²) in [5.41, 5.74) is 1.00. The van der Waals surface area contributed by atoms with Crippen LogP contribution in [0.1, 0.15) is 10.6 Å². The number of nitrogens with one attached hydrogen (secondary N) is 2. The second-order valence-corrected chi connectivity index (χ2v) is 7.67. The van der Waals surface area contributed by atoms with Crippen molar-refractivity contribution in [1.82, 2.24) is 15.6 Å². The van der Waals surface area contributed by atoms with E-state index in [1.54, 1.807) is 29.7 Å². The Morgan fingerprint density at radius 2 is 1.96 bits per heavy atom. The number of nitrogens with zero attached hydrogens (tertiary/aromatic N) is 2. The topological polar surface area (TPSA) is 62.5 Å². The SMILES string of the molecule is CN=C(NCc1ccc(-c2nc3ccccc3s2)o1)NCc1cccs1. The molecule has 0 aliphatic heterocycles. The van der Waals surface area contributed by atoms with Crippen molar-refractivity contribution in [2.24, 2.45) is 4.99 Å². The number of hydrogen-bond acceptors (Lipinski definition) is 5. The molecule has 0 saturated heterocycles. The van der Waals surface area contributed by atoms with Crippen molar-refractivity contribution in [3.63, 3.8) is 0 Å². The third-order valence-corrected chi connectivity index (χ3v) is 5.76. The summed E-state index contributed by atoms with van der Waals surface area (Å²) >= 11 is 3.36. The molecule has 4 rings (SSSR count). The molecule has 0 bridgehead atoms. The van der Waals surface area contributed by atoms with E-state index in [-0.39, 0.29) is 0 Å². The first kappa shape index (κ1) is 16.8. The Hall–Kier alpha value is -2.64. The molecular formula is C19H18N4OS2. The Bertz CT molecular complexity index is 984. The lowest BCUT2D eigenvalue weighted by molar-refractivity contribution is 0.513. The maximum atomic E-state index is 5.95. The van der Waals surface area contributed by atoms with E-state index in [9.17, 15) is 0 Å². The lowest BCUT2D eigenvalue weighted by atomic mass is 10.3. The zero-order chi connectivity index (χ0) is 17.8. The molecule has 0 spiro atoms. The monoisotopic (exact) mass is 382 g/mol. The molecule has 2 N–H and O–H groups in total. The molecule has 0 fully saturated rings. The summed E-state index contributed by atoms with van der Waals surface area (Å²) in [6.07, 6.45) is 0. The van der Waals surface area contributed by atoms with E-state index in [4.69, 9.17) is 4.42 Å². The molecule has 5 nitrogen and oxygen atoms in total. The van der Waals surface area contributed by atoms with Crippen LogP contribution in [0.15, 0.2) is 63.3 Å². The molecular weight excluding hydrogens is 364 g/mol. The number of fused-ring (bicyclic) bond motifs is 1. The van der Waals surface area contributed by atoms with E-state index in [1.165, 1.54) is 4.88 Å². The summed E-state index contributed by atoms with van der Waals surface area (Å²) < 4.78 is 7.11. The minimum absolute atomic E-state index is 0.564.